The van der Waals surface area contributed by atoms with Gasteiger partial charge < -0.3 is 5.73 Å². The van der Waals surface area contributed by atoms with Gasteiger partial charge in [0.05, 0.1) is 0 Å². The summed E-state index contributed by atoms with van der Waals surface area (Å²) in [5.74, 6) is 0. The fraction of sp³-hybridized carbons (Fsp3) is 0.800. The van der Waals surface area contributed by atoms with Gasteiger partial charge in [0.1, 0.15) is 0 Å². The number of hydrogen-bond donors (Lipinski definition) is 1. The molecule has 2 unspecified atom stereocenters. The van der Waals surface area contributed by atoms with Crippen LogP contribution in [0.5, 0.6) is 0 Å². The van der Waals surface area contributed by atoms with Gasteiger partial charge in [0.2, 0.25) is 0 Å². The summed E-state index contributed by atoms with van der Waals surface area (Å²) in [5.41, 5.74) is 6.16. The lowest BCUT2D eigenvalue weighted by Crippen LogP contribution is -2.31. The molecule has 1 rings (SSSR count). The maximum atomic E-state index is 6.16. The molecule has 0 radical (unpaired) electrons. The molecule has 3 nitrogen and oxygen atoms in total. The molecule has 1 aromatic heterocycles. The molecule has 0 amide bonds. The molecular formula is C10H19N3S3. The van der Waals surface area contributed by atoms with Crippen LogP contribution >= 0.6 is 34.9 Å². The van der Waals surface area contributed by atoms with Crippen molar-refractivity contribution in [2.45, 2.75) is 53.1 Å². The maximum absolute atomic E-state index is 6.16. The molecule has 0 aliphatic heterocycles. The van der Waals surface area contributed by atoms with E-state index in [0.29, 0.717) is 5.25 Å². The molecular weight excluding hydrogens is 258 g/mol. The molecule has 16 heavy (non-hydrogen) atoms. The highest BCUT2D eigenvalue weighted by atomic mass is 32.2. The fourth-order valence-corrected chi connectivity index (χ4v) is 4.24. The minimum Gasteiger partial charge on any atom is -0.327 e. The van der Waals surface area contributed by atoms with E-state index in [2.05, 4.69) is 24.0 Å². The highest BCUT2D eigenvalue weighted by Gasteiger charge is 2.18. The van der Waals surface area contributed by atoms with Gasteiger partial charge in [-0.3, -0.25) is 0 Å². The Kier molecular flexibility index (Phi) is 6.72. The van der Waals surface area contributed by atoms with Crippen LogP contribution in [0.25, 0.3) is 0 Å². The van der Waals surface area contributed by atoms with Crippen molar-refractivity contribution in [1.82, 2.24) is 10.2 Å². The second kappa shape index (κ2) is 7.53. The highest BCUT2D eigenvalue weighted by Crippen LogP contribution is 2.32. The lowest BCUT2D eigenvalue weighted by Gasteiger charge is -2.20. The summed E-state index contributed by atoms with van der Waals surface area (Å²) in [7, 11) is 0. The number of thioether (sulfide) groups is 2. The van der Waals surface area contributed by atoms with Crippen LogP contribution in [0.15, 0.2) is 8.68 Å². The van der Waals surface area contributed by atoms with Crippen LogP contribution in [0, 0.1) is 0 Å². The summed E-state index contributed by atoms with van der Waals surface area (Å²) >= 11 is 5.08. The molecule has 0 aliphatic rings. The van der Waals surface area contributed by atoms with Crippen LogP contribution in [-0.2, 0) is 0 Å². The minimum absolute atomic E-state index is 0.265. The quantitative estimate of drug-likeness (QED) is 0.775. The molecule has 0 aromatic carbocycles. The lowest BCUT2D eigenvalue weighted by molar-refractivity contribution is 0.566. The number of aromatic nitrogens is 2. The zero-order valence-corrected chi connectivity index (χ0v) is 12.4. The smallest absolute Gasteiger partial charge is 0.175 e. The third-order valence-corrected chi connectivity index (χ3v) is 5.82. The summed E-state index contributed by atoms with van der Waals surface area (Å²) in [6.45, 7) is 4.36. The van der Waals surface area contributed by atoms with Crippen molar-refractivity contribution in [3.63, 3.8) is 0 Å². The Bertz CT molecular complexity index is 303. The first-order chi connectivity index (χ1) is 7.71. The summed E-state index contributed by atoms with van der Waals surface area (Å²) < 4.78 is 2.07. The van der Waals surface area contributed by atoms with Gasteiger partial charge in [-0.15, -0.1) is 10.2 Å². The average molecular weight is 277 g/mol. The van der Waals surface area contributed by atoms with Crippen LogP contribution in [0.2, 0.25) is 0 Å². The van der Waals surface area contributed by atoms with E-state index in [9.17, 15) is 0 Å². The normalized spacial score (nSPS) is 15.0. The zero-order chi connectivity index (χ0) is 12.0. The van der Waals surface area contributed by atoms with Crippen molar-refractivity contribution >= 4 is 34.9 Å². The molecule has 1 aromatic rings. The van der Waals surface area contributed by atoms with Gasteiger partial charge in [-0.05, 0) is 19.1 Å². The first-order valence-corrected chi connectivity index (χ1v) is 8.43. The summed E-state index contributed by atoms with van der Waals surface area (Å²) in [4.78, 5) is 0. The molecule has 0 aliphatic carbocycles. The van der Waals surface area contributed by atoms with Crippen LogP contribution in [0.3, 0.4) is 0 Å². The molecule has 0 saturated carbocycles. The van der Waals surface area contributed by atoms with Crippen LogP contribution in [-0.4, -0.2) is 27.7 Å². The molecule has 2 atom stereocenters. The van der Waals surface area contributed by atoms with Crippen LogP contribution in [0.1, 0.15) is 33.1 Å². The number of nitrogens with two attached hydrogens (primary N) is 1. The largest absolute Gasteiger partial charge is 0.327 e. The Morgan fingerprint density at radius 2 is 2.00 bits per heavy atom. The molecule has 0 fully saturated rings. The molecule has 92 valence electrons. The number of rotatable bonds is 7. The molecule has 6 heteroatoms. The van der Waals surface area contributed by atoms with E-state index < -0.39 is 0 Å². The van der Waals surface area contributed by atoms with Crippen molar-refractivity contribution < 1.29 is 0 Å². The van der Waals surface area contributed by atoms with Crippen LogP contribution in [0.4, 0.5) is 0 Å². The van der Waals surface area contributed by atoms with Crippen molar-refractivity contribution in [2.75, 3.05) is 6.26 Å². The first-order valence-electron chi connectivity index (χ1n) is 5.51. The Hall–Kier alpha value is 0.220. The van der Waals surface area contributed by atoms with Crippen LogP contribution < -0.4 is 5.73 Å². The van der Waals surface area contributed by atoms with Gasteiger partial charge in [0.15, 0.2) is 8.68 Å². The predicted molar refractivity (Wildman–Crippen MR) is 74.5 cm³/mol. The second-order valence-electron chi connectivity index (χ2n) is 3.56. The summed E-state index contributed by atoms with van der Waals surface area (Å²) in [6.07, 6.45) is 5.33. The third-order valence-electron chi connectivity index (χ3n) is 2.32. The van der Waals surface area contributed by atoms with E-state index in [0.717, 1.165) is 27.9 Å². The number of nitrogens with zero attached hydrogens (tertiary/aromatic N) is 2. The predicted octanol–water partition coefficient (Wildman–Crippen LogP) is 3.26. The van der Waals surface area contributed by atoms with E-state index in [4.69, 9.17) is 5.73 Å². The monoisotopic (exact) mass is 277 g/mol. The minimum atomic E-state index is 0.265. The van der Waals surface area contributed by atoms with Gasteiger partial charge >= 0.3 is 0 Å². The van der Waals surface area contributed by atoms with E-state index in [-0.39, 0.29) is 6.04 Å². The lowest BCUT2D eigenvalue weighted by atomic mass is 10.1. The Morgan fingerprint density at radius 1 is 1.31 bits per heavy atom. The topological polar surface area (TPSA) is 51.8 Å². The Labute approximate surface area is 110 Å². The summed E-state index contributed by atoms with van der Waals surface area (Å²) in [5, 5.41) is 8.73. The van der Waals surface area contributed by atoms with E-state index in [1.54, 1.807) is 34.9 Å². The van der Waals surface area contributed by atoms with Crippen molar-refractivity contribution in [3.8, 4) is 0 Å². The average Bonchev–Trinajstić information content (AvgIpc) is 2.73. The molecule has 0 spiro atoms. The van der Waals surface area contributed by atoms with Gasteiger partial charge in [-0.2, -0.15) is 0 Å². The molecule has 1 heterocycles. The molecule has 0 bridgehead atoms. The van der Waals surface area contributed by atoms with Crippen molar-refractivity contribution in [3.05, 3.63) is 0 Å². The highest BCUT2D eigenvalue weighted by molar-refractivity contribution is 8.03. The molecule has 2 N–H and O–H groups in total. The SMILES string of the molecule is CCCC(N)C(CC)Sc1nnc(SC)s1. The van der Waals surface area contributed by atoms with Crippen molar-refractivity contribution in [2.24, 2.45) is 5.73 Å². The Morgan fingerprint density at radius 3 is 2.50 bits per heavy atom. The van der Waals surface area contributed by atoms with E-state index in [1.807, 2.05) is 6.26 Å². The van der Waals surface area contributed by atoms with E-state index in [1.165, 1.54) is 0 Å². The van der Waals surface area contributed by atoms with Crippen molar-refractivity contribution in [1.29, 1.82) is 0 Å². The maximum Gasteiger partial charge on any atom is 0.175 e. The standard InChI is InChI=1S/C10H19N3S3/c1-4-6-7(11)8(5-2)15-10-13-12-9(14-3)16-10/h7-8H,4-6,11H2,1-3H3. The van der Waals surface area contributed by atoms with Gasteiger partial charge in [0, 0.05) is 11.3 Å². The second-order valence-corrected chi connectivity index (χ2v) is 7.07. The van der Waals surface area contributed by atoms with E-state index >= 15 is 0 Å². The first kappa shape index (κ1) is 14.3. The third kappa shape index (κ3) is 4.24. The zero-order valence-electron chi connectivity index (χ0n) is 9.97. The fourth-order valence-electron chi connectivity index (χ4n) is 1.45. The summed E-state index contributed by atoms with van der Waals surface area (Å²) in [6, 6.07) is 0.265. The number of hydrogen-bond acceptors (Lipinski definition) is 6. The molecule has 0 saturated heterocycles. The van der Waals surface area contributed by atoms with Gasteiger partial charge in [-0.25, -0.2) is 0 Å². The van der Waals surface area contributed by atoms with Gasteiger partial charge in [-0.1, -0.05) is 55.1 Å². The van der Waals surface area contributed by atoms with Gasteiger partial charge in [0.25, 0.3) is 0 Å². The Balaban J connectivity index is 2.55.